The second-order valence-electron chi connectivity index (χ2n) is 6.15. The van der Waals surface area contributed by atoms with Gasteiger partial charge in [0.15, 0.2) is 0 Å². The molecule has 0 N–H and O–H groups in total. The van der Waals surface area contributed by atoms with E-state index in [0.29, 0.717) is 6.61 Å². The zero-order chi connectivity index (χ0) is 17.7. The first kappa shape index (κ1) is 19.0. The summed E-state index contributed by atoms with van der Waals surface area (Å²) in [4.78, 5) is 2.49. The van der Waals surface area contributed by atoms with Gasteiger partial charge in [0, 0.05) is 13.1 Å². The van der Waals surface area contributed by atoms with E-state index < -0.39 is 0 Å². The molecular formula is C23H29NO. The standard InChI is InChI=1S/C23H29NO/c1-3-5-17-24(18-9-12-21-10-7-6-8-11-21)20-22-13-15-23(16-14-22)25-19-4-2/h4,6-16H,2-3,5,17-20H2,1H3/b12-9+. The van der Waals surface area contributed by atoms with Gasteiger partial charge in [0.25, 0.3) is 0 Å². The van der Waals surface area contributed by atoms with Crippen molar-refractivity contribution in [1.82, 2.24) is 4.90 Å². The van der Waals surface area contributed by atoms with Gasteiger partial charge in [-0.05, 0) is 36.2 Å². The molecule has 0 amide bonds. The summed E-state index contributed by atoms with van der Waals surface area (Å²) in [5.41, 5.74) is 2.57. The summed E-state index contributed by atoms with van der Waals surface area (Å²) >= 11 is 0. The van der Waals surface area contributed by atoms with Crippen LogP contribution in [-0.2, 0) is 6.54 Å². The summed E-state index contributed by atoms with van der Waals surface area (Å²) in [6, 6.07) is 18.8. The van der Waals surface area contributed by atoms with Crippen LogP contribution in [0.25, 0.3) is 6.08 Å². The molecule has 2 aromatic carbocycles. The molecule has 0 bridgehead atoms. The molecule has 0 aliphatic rings. The molecule has 0 unspecified atom stereocenters. The van der Waals surface area contributed by atoms with Crippen molar-refractivity contribution in [1.29, 1.82) is 0 Å². The Kier molecular flexibility index (Phi) is 8.57. The molecule has 0 spiro atoms. The van der Waals surface area contributed by atoms with E-state index in [1.807, 2.05) is 18.2 Å². The third-order valence-electron chi connectivity index (χ3n) is 4.00. The Labute approximate surface area is 152 Å². The zero-order valence-electron chi connectivity index (χ0n) is 15.2. The topological polar surface area (TPSA) is 12.5 Å². The fourth-order valence-corrected chi connectivity index (χ4v) is 2.62. The highest BCUT2D eigenvalue weighted by atomic mass is 16.5. The number of nitrogens with zero attached hydrogens (tertiary/aromatic N) is 1. The average molecular weight is 335 g/mol. The van der Waals surface area contributed by atoms with Crippen LogP contribution in [0.2, 0.25) is 0 Å². The molecule has 0 aliphatic heterocycles. The van der Waals surface area contributed by atoms with Gasteiger partial charge < -0.3 is 4.74 Å². The summed E-state index contributed by atoms with van der Waals surface area (Å²) < 4.78 is 5.55. The van der Waals surface area contributed by atoms with Crippen molar-refractivity contribution >= 4 is 6.08 Å². The van der Waals surface area contributed by atoms with E-state index in [9.17, 15) is 0 Å². The minimum absolute atomic E-state index is 0.548. The largest absolute Gasteiger partial charge is 0.490 e. The summed E-state index contributed by atoms with van der Waals surface area (Å²) in [6.45, 7) is 9.50. The summed E-state index contributed by atoms with van der Waals surface area (Å²) in [5, 5.41) is 0. The van der Waals surface area contributed by atoms with Crippen LogP contribution in [0.15, 0.2) is 73.3 Å². The lowest BCUT2D eigenvalue weighted by Crippen LogP contribution is -2.24. The number of unbranched alkanes of at least 4 members (excludes halogenated alkanes) is 1. The molecule has 25 heavy (non-hydrogen) atoms. The molecule has 0 fully saturated rings. The van der Waals surface area contributed by atoms with Gasteiger partial charge in [-0.2, -0.15) is 0 Å². The van der Waals surface area contributed by atoms with Crippen molar-refractivity contribution in [2.24, 2.45) is 0 Å². The van der Waals surface area contributed by atoms with Gasteiger partial charge in [-0.1, -0.05) is 80.6 Å². The maximum Gasteiger partial charge on any atom is 0.119 e. The summed E-state index contributed by atoms with van der Waals surface area (Å²) in [6.07, 6.45) is 8.66. The van der Waals surface area contributed by atoms with Crippen molar-refractivity contribution in [2.75, 3.05) is 19.7 Å². The van der Waals surface area contributed by atoms with Crippen LogP contribution in [-0.4, -0.2) is 24.6 Å². The van der Waals surface area contributed by atoms with E-state index in [1.54, 1.807) is 6.08 Å². The van der Waals surface area contributed by atoms with Gasteiger partial charge in [0.2, 0.25) is 0 Å². The quantitative estimate of drug-likeness (QED) is 0.498. The number of benzene rings is 2. The highest BCUT2D eigenvalue weighted by Crippen LogP contribution is 2.14. The van der Waals surface area contributed by atoms with Gasteiger partial charge in [0.05, 0.1) is 0 Å². The summed E-state index contributed by atoms with van der Waals surface area (Å²) in [7, 11) is 0. The van der Waals surface area contributed by atoms with Crippen LogP contribution in [0.4, 0.5) is 0 Å². The van der Waals surface area contributed by atoms with Crippen molar-refractivity contribution in [3.63, 3.8) is 0 Å². The van der Waals surface area contributed by atoms with E-state index in [2.05, 4.69) is 67.0 Å². The average Bonchev–Trinajstić information content (AvgIpc) is 2.66. The SMILES string of the molecule is C=CCOc1ccc(CN(C/C=C/c2ccccc2)CCCC)cc1. The Morgan fingerprint density at radius 3 is 2.48 bits per heavy atom. The highest BCUT2D eigenvalue weighted by Gasteiger charge is 2.04. The molecule has 2 aromatic rings. The maximum atomic E-state index is 5.55. The van der Waals surface area contributed by atoms with Crippen molar-refractivity contribution in [3.05, 3.63) is 84.5 Å². The smallest absolute Gasteiger partial charge is 0.119 e. The van der Waals surface area contributed by atoms with Crippen LogP contribution in [0, 0.1) is 0 Å². The molecule has 132 valence electrons. The molecular weight excluding hydrogens is 306 g/mol. The van der Waals surface area contributed by atoms with Crippen molar-refractivity contribution in [2.45, 2.75) is 26.3 Å². The normalized spacial score (nSPS) is 11.1. The van der Waals surface area contributed by atoms with Crippen LogP contribution >= 0.6 is 0 Å². The number of hydrogen-bond donors (Lipinski definition) is 0. The predicted octanol–water partition coefficient (Wildman–Crippen LogP) is 5.57. The van der Waals surface area contributed by atoms with Crippen LogP contribution < -0.4 is 4.74 Å². The Morgan fingerprint density at radius 2 is 1.80 bits per heavy atom. The second-order valence-corrected chi connectivity index (χ2v) is 6.15. The number of ether oxygens (including phenoxy) is 1. The van der Waals surface area contributed by atoms with Gasteiger partial charge in [-0.15, -0.1) is 0 Å². The lowest BCUT2D eigenvalue weighted by Gasteiger charge is -2.20. The molecule has 2 nitrogen and oxygen atoms in total. The van der Waals surface area contributed by atoms with Crippen molar-refractivity contribution < 1.29 is 4.74 Å². The fraction of sp³-hybridized carbons (Fsp3) is 0.304. The third-order valence-corrected chi connectivity index (χ3v) is 4.00. The Hall–Kier alpha value is -2.32. The maximum absolute atomic E-state index is 5.55. The molecule has 0 heterocycles. The zero-order valence-corrected chi connectivity index (χ0v) is 15.2. The van der Waals surface area contributed by atoms with Gasteiger partial charge in [-0.25, -0.2) is 0 Å². The molecule has 2 heteroatoms. The van der Waals surface area contributed by atoms with Crippen LogP contribution in [0.5, 0.6) is 5.75 Å². The van der Waals surface area contributed by atoms with Crippen LogP contribution in [0.3, 0.4) is 0 Å². The Morgan fingerprint density at radius 1 is 1.04 bits per heavy atom. The number of hydrogen-bond acceptors (Lipinski definition) is 2. The van der Waals surface area contributed by atoms with Gasteiger partial charge in [0.1, 0.15) is 12.4 Å². The highest BCUT2D eigenvalue weighted by molar-refractivity contribution is 5.48. The molecule has 0 atom stereocenters. The molecule has 0 aliphatic carbocycles. The first-order chi connectivity index (χ1) is 12.3. The van der Waals surface area contributed by atoms with E-state index in [-0.39, 0.29) is 0 Å². The number of rotatable bonds is 11. The van der Waals surface area contributed by atoms with Gasteiger partial charge >= 0.3 is 0 Å². The summed E-state index contributed by atoms with van der Waals surface area (Å²) in [5.74, 6) is 0.896. The van der Waals surface area contributed by atoms with E-state index in [0.717, 1.165) is 25.4 Å². The third kappa shape index (κ3) is 7.40. The first-order valence-electron chi connectivity index (χ1n) is 9.08. The molecule has 2 rings (SSSR count). The molecule has 0 saturated heterocycles. The predicted molar refractivity (Wildman–Crippen MR) is 108 cm³/mol. The van der Waals surface area contributed by atoms with Crippen LogP contribution in [0.1, 0.15) is 30.9 Å². The Bertz CT molecular complexity index is 631. The fourth-order valence-electron chi connectivity index (χ4n) is 2.62. The first-order valence-corrected chi connectivity index (χ1v) is 9.08. The van der Waals surface area contributed by atoms with E-state index >= 15 is 0 Å². The second kappa shape index (κ2) is 11.3. The monoisotopic (exact) mass is 335 g/mol. The minimum atomic E-state index is 0.548. The van der Waals surface area contributed by atoms with E-state index in [1.165, 1.54) is 24.0 Å². The van der Waals surface area contributed by atoms with E-state index in [4.69, 9.17) is 4.74 Å². The lowest BCUT2D eigenvalue weighted by molar-refractivity contribution is 0.289. The molecule has 0 aromatic heterocycles. The molecule has 0 saturated carbocycles. The lowest BCUT2D eigenvalue weighted by atomic mass is 10.2. The molecule has 0 radical (unpaired) electrons. The van der Waals surface area contributed by atoms with Gasteiger partial charge in [-0.3, -0.25) is 4.90 Å². The minimum Gasteiger partial charge on any atom is -0.490 e. The van der Waals surface area contributed by atoms with Crippen molar-refractivity contribution in [3.8, 4) is 5.75 Å². The Balaban J connectivity index is 1.92.